The highest BCUT2D eigenvalue weighted by Crippen LogP contribution is 2.24. The molecule has 3 aromatic rings. The van der Waals surface area contributed by atoms with E-state index in [1.54, 1.807) is 18.2 Å². The Kier molecular flexibility index (Phi) is 2.76. The van der Waals surface area contributed by atoms with Gasteiger partial charge in [0.2, 0.25) is 5.82 Å². The third-order valence-electron chi connectivity index (χ3n) is 2.83. The van der Waals surface area contributed by atoms with Crippen molar-refractivity contribution in [2.75, 3.05) is 0 Å². The van der Waals surface area contributed by atoms with Gasteiger partial charge in [0.1, 0.15) is 5.75 Å². The average Bonchev–Trinajstić information content (AvgIpc) is 2.89. The summed E-state index contributed by atoms with van der Waals surface area (Å²) in [5, 5.41) is 13.4. The van der Waals surface area contributed by atoms with Crippen LogP contribution in [0, 0.1) is 6.92 Å². The molecule has 0 aliphatic carbocycles. The van der Waals surface area contributed by atoms with Crippen LogP contribution in [0.2, 0.25) is 0 Å². The molecule has 0 radical (unpaired) electrons. The first-order valence-corrected chi connectivity index (χ1v) is 5.92. The third kappa shape index (κ3) is 2.33. The van der Waals surface area contributed by atoms with Gasteiger partial charge in [0.25, 0.3) is 5.89 Å². The Morgan fingerprint density at radius 1 is 1.00 bits per heavy atom. The second-order valence-corrected chi connectivity index (χ2v) is 4.34. The Morgan fingerprint density at radius 3 is 2.53 bits per heavy atom. The quantitative estimate of drug-likeness (QED) is 0.759. The van der Waals surface area contributed by atoms with Crippen LogP contribution in [-0.4, -0.2) is 15.2 Å². The van der Waals surface area contributed by atoms with E-state index in [1.165, 1.54) is 5.56 Å². The fourth-order valence-electron chi connectivity index (χ4n) is 1.80. The lowest BCUT2D eigenvalue weighted by Gasteiger charge is -1.95. The Hall–Kier alpha value is -2.62. The van der Waals surface area contributed by atoms with Crippen LogP contribution in [0.1, 0.15) is 5.56 Å². The number of nitrogens with zero attached hydrogens (tertiary/aromatic N) is 2. The predicted molar refractivity (Wildman–Crippen MR) is 71.6 cm³/mol. The maximum absolute atomic E-state index is 9.44. The molecule has 1 heterocycles. The van der Waals surface area contributed by atoms with Crippen LogP contribution in [0.5, 0.6) is 5.75 Å². The molecule has 4 heteroatoms. The van der Waals surface area contributed by atoms with E-state index >= 15 is 0 Å². The predicted octanol–water partition coefficient (Wildman–Crippen LogP) is 3.42. The average molecular weight is 252 g/mol. The van der Waals surface area contributed by atoms with Crippen molar-refractivity contribution in [3.8, 4) is 28.6 Å². The standard InChI is InChI=1S/C15H12N2O2/c1-10-5-7-11(8-6-10)14-16-15(19-17-14)12-3-2-4-13(18)9-12/h2-9,18H,1H3. The van der Waals surface area contributed by atoms with E-state index in [9.17, 15) is 5.11 Å². The highest BCUT2D eigenvalue weighted by atomic mass is 16.5. The Labute approximate surface area is 110 Å². The fraction of sp³-hybridized carbons (Fsp3) is 0.0667. The summed E-state index contributed by atoms with van der Waals surface area (Å²) in [6.45, 7) is 2.03. The minimum atomic E-state index is 0.174. The molecule has 1 aromatic heterocycles. The second kappa shape index (κ2) is 4.57. The molecule has 0 saturated carbocycles. The minimum Gasteiger partial charge on any atom is -0.508 e. The van der Waals surface area contributed by atoms with Crippen molar-refractivity contribution in [1.82, 2.24) is 10.1 Å². The van der Waals surface area contributed by atoms with Crippen molar-refractivity contribution >= 4 is 0 Å². The summed E-state index contributed by atoms with van der Waals surface area (Å²) in [4.78, 5) is 4.33. The van der Waals surface area contributed by atoms with Gasteiger partial charge in [-0.05, 0) is 25.1 Å². The molecule has 3 rings (SSSR count). The number of hydrogen-bond donors (Lipinski definition) is 1. The highest BCUT2D eigenvalue weighted by molar-refractivity contribution is 5.60. The molecule has 1 N–H and O–H groups in total. The Balaban J connectivity index is 1.97. The van der Waals surface area contributed by atoms with Gasteiger partial charge in [-0.1, -0.05) is 41.1 Å². The molecular weight excluding hydrogens is 240 g/mol. The van der Waals surface area contributed by atoms with Crippen LogP contribution < -0.4 is 0 Å². The number of hydrogen-bond acceptors (Lipinski definition) is 4. The van der Waals surface area contributed by atoms with Gasteiger partial charge in [-0.25, -0.2) is 0 Å². The van der Waals surface area contributed by atoms with Crippen LogP contribution in [0.25, 0.3) is 22.8 Å². The van der Waals surface area contributed by atoms with Gasteiger partial charge < -0.3 is 9.63 Å². The van der Waals surface area contributed by atoms with Gasteiger partial charge in [0.15, 0.2) is 0 Å². The zero-order valence-electron chi connectivity index (χ0n) is 10.4. The summed E-state index contributed by atoms with van der Waals surface area (Å²) >= 11 is 0. The molecule has 0 spiro atoms. The lowest BCUT2D eigenvalue weighted by Crippen LogP contribution is -1.81. The van der Waals surface area contributed by atoms with Gasteiger partial charge in [-0.2, -0.15) is 4.98 Å². The van der Waals surface area contributed by atoms with Crippen molar-refractivity contribution < 1.29 is 9.63 Å². The van der Waals surface area contributed by atoms with E-state index < -0.39 is 0 Å². The molecule has 0 unspecified atom stereocenters. The first-order chi connectivity index (χ1) is 9.22. The van der Waals surface area contributed by atoms with Crippen molar-refractivity contribution in [2.45, 2.75) is 6.92 Å². The van der Waals surface area contributed by atoms with E-state index in [0.29, 0.717) is 17.3 Å². The van der Waals surface area contributed by atoms with Crippen LogP contribution in [0.3, 0.4) is 0 Å². The molecule has 0 atom stereocenters. The molecular formula is C15H12N2O2. The van der Waals surface area contributed by atoms with Gasteiger partial charge in [0, 0.05) is 11.1 Å². The van der Waals surface area contributed by atoms with Crippen LogP contribution in [-0.2, 0) is 0 Å². The summed E-state index contributed by atoms with van der Waals surface area (Å²) in [7, 11) is 0. The highest BCUT2D eigenvalue weighted by Gasteiger charge is 2.10. The molecule has 2 aromatic carbocycles. The van der Waals surface area contributed by atoms with Gasteiger partial charge >= 0.3 is 0 Å². The van der Waals surface area contributed by atoms with E-state index in [-0.39, 0.29) is 5.75 Å². The lowest BCUT2D eigenvalue weighted by atomic mass is 10.1. The van der Waals surface area contributed by atoms with E-state index in [2.05, 4.69) is 10.1 Å². The molecule has 0 saturated heterocycles. The summed E-state index contributed by atoms with van der Waals surface area (Å²) in [5.41, 5.74) is 2.78. The van der Waals surface area contributed by atoms with Crippen molar-refractivity contribution in [3.63, 3.8) is 0 Å². The minimum absolute atomic E-state index is 0.174. The van der Waals surface area contributed by atoms with Crippen molar-refractivity contribution in [2.24, 2.45) is 0 Å². The Morgan fingerprint density at radius 2 is 1.79 bits per heavy atom. The number of benzene rings is 2. The normalized spacial score (nSPS) is 10.6. The maximum atomic E-state index is 9.44. The zero-order valence-corrected chi connectivity index (χ0v) is 10.4. The van der Waals surface area contributed by atoms with Crippen molar-refractivity contribution in [1.29, 1.82) is 0 Å². The number of aryl methyl sites for hydroxylation is 1. The molecule has 0 fully saturated rings. The summed E-state index contributed by atoms with van der Waals surface area (Å²) < 4.78 is 5.22. The molecule has 0 amide bonds. The van der Waals surface area contributed by atoms with E-state index in [0.717, 1.165) is 5.56 Å². The fourth-order valence-corrected chi connectivity index (χ4v) is 1.80. The van der Waals surface area contributed by atoms with Gasteiger partial charge in [0.05, 0.1) is 0 Å². The summed E-state index contributed by atoms with van der Waals surface area (Å²) in [6, 6.07) is 14.6. The third-order valence-corrected chi connectivity index (χ3v) is 2.83. The lowest BCUT2D eigenvalue weighted by molar-refractivity contribution is 0.431. The Bertz CT molecular complexity index is 702. The second-order valence-electron chi connectivity index (χ2n) is 4.34. The van der Waals surface area contributed by atoms with E-state index in [4.69, 9.17) is 4.52 Å². The maximum Gasteiger partial charge on any atom is 0.258 e. The number of phenols is 1. The molecule has 0 aliphatic rings. The van der Waals surface area contributed by atoms with Gasteiger partial charge in [-0.15, -0.1) is 0 Å². The molecule has 19 heavy (non-hydrogen) atoms. The first-order valence-electron chi connectivity index (χ1n) is 5.92. The zero-order chi connectivity index (χ0) is 13.2. The number of aromatic hydroxyl groups is 1. The van der Waals surface area contributed by atoms with Crippen LogP contribution in [0.15, 0.2) is 53.1 Å². The summed E-state index contributed by atoms with van der Waals surface area (Å²) in [5.74, 6) is 1.11. The number of aromatic nitrogens is 2. The smallest absolute Gasteiger partial charge is 0.258 e. The number of phenolic OH excluding ortho intramolecular Hbond substituents is 1. The largest absolute Gasteiger partial charge is 0.508 e. The van der Waals surface area contributed by atoms with Crippen LogP contribution in [0.4, 0.5) is 0 Å². The van der Waals surface area contributed by atoms with Crippen LogP contribution >= 0.6 is 0 Å². The summed E-state index contributed by atoms with van der Waals surface area (Å²) in [6.07, 6.45) is 0. The molecule has 0 aliphatic heterocycles. The molecule has 94 valence electrons. The number of rotatable bonds is 2. The molecule has 0 bridgehead atoms. The van der Waals surface area contributed by atoms with Crippen molar-refractivity contribution in [3.05, 3.63) is 54.1 Å². The monoisotopic (exact) mass is 252 g/mol. The SMILES string of the molecule is Cc1ccc(-c2noc(-c3cccc(O)c3)n2)cc1. The molecule has 4 nitrogen and oxygen atoms in total. The topological polar surface area (TPSA) is 59.2 Å². The first kappa shape index (κ1) is 11.5. The van der Waals surface area contributed by atoms with E-state index in [1.807, 2.05) is 37.3 Å². The van der Waals surface area contributed by atoms with Gasteiger partial charge in [-0.3, -0.25) is 0 Å².